The quantitative estimate of drug-likeness (QED) is 0.280. The molecule has 0 aliphatic carbocycles. The van der Waals surface area contributed by atoms with Gasteiger partial charge in [-0.3, -0.25) is 9.59 Å². The molecule has 7 heteroatoms. The number of benzene rings is 3. The van der Waals surface area contributed by atoms with Crippen molar-refractivity contribution in [2.75, 3.05) is 13.2 Å². The molecular formula is C33H41FN2O4. The highest BCUT2D eigenvalue weighted by atomic mass is 19.1. The molecule has 0 heterocycles. The Labute approximate surface area is 237 Å². The molecule has 0 radical (unpaired) electrons. The van der Waals surface area contributed by atoms with Crippen molar-refractivity contribution < 1.29 is 23.5 Å². The lowest BCUT2D eigenvalue weighted by Gasteiger charge is -2.34. The number of carbonyl (C=O) groups excluding carboxylic acids is 2. The molecule has 6 nitrogen and oxygen atoms in total. The van der Waals surface area contributed by atoms with Crippen LogP contribution < -0.4 is 14.8 Å². The molecule has 0 unspecified atom stereocenters. The van der Waals surface area contributed by atoms with Crippen LogP contribution in [0.2, 0.25) is 0 Å². The summed E-state index contributed by atoms with van der Waals surface area (Å²) in [5.41, 5.74) is 2.15. The molecule has 3 aromatic rings. The Morgan fingerprint density at radius 1 is 0.850 bits per heavy atom. The highest BCUT2D eigenvalue weighted by molar-refractivity contribution is 5.88. The predicted octanol–water partition coefficient (Wildman–Crippen LogP) is 6.11. The molecule has 1 N–H and O–H groups in total. The van der Waals surface area contributed by atoms with Gasteiger partial charge in [-0.05, 0) is 82.0 Å². The van der Waals surface area contributed by atoms with Crippen LogP contribution in [0.15, 0.2) is 72.8 Å². The number of aryl methyl sites for hydroxylation is 1. The summed E-state index contributed by atoms with van der Waals surface area (Å²) in [5.74, 6) is 0.560. The molecule has 214 valence electrons. The first-order chi connectivity index (χ1) is 19.1. The van der Waals surface area contributed by atoms with E-state index in [9.17, 15) is 14.0 Å². The van der Waals surface area contributed by atoms with E-state index in [0.717, 1.165) is 16.7 Å². The number of nitrogens with one attached hydrogen (secondary N) is 1. The second-order valence-corrected chi connectivity index (χ2v) is 10.7. The van der Waals surface area contributed by atoms with E-state index in [1.54, 1.807) is 17.0 Å². The average molecular weight is 549 g/mol. The SMILES string of the molecule is CCOc1ccc(CCC(=O)N(Cc2ccc(F)cc2)[C@H](Cc2ccccc2)C(=O)NC(C)(C)C)cc1OCC. The predicted molar refractivity (Wildman–Crippen MR) is 156 cm³/mol. The molecule has 0 fully saturated rings. The van der Waals surface area contributed by atoms with Gasteiger partial charge < -0.3 is 19.7 Å². The fraction of sp³-hybridized carbons (Fsp3) is 0.394. The third kappa shape index (κ3) is 9.40. The Balaban J connectivity index is 1.91. The zero-order chi connectivity index (χ0) is 29.1. The topological polar surface area (TPSA) is 67.9 Å². The van der Waals surface area contributed by atoms with Gasteiger partial charge in [0.05, 0.1) is 13.2 Å². The second kappa shape index (κ2) is 14.5. The lowest BCUT2D eigenvalue weighted by molar-refractivity contribution is -0.141. The van der Waals surface area contributed by atoms with Crippen LogP contribution in [0.4, 0.5) is 4.39 Å². The fourth-order valence-electron chi connectivity index (χ4n) is 4.44. The van der Waals surface area contributed by atoms with Crippen LogP contribution >= 0.6 is 0 Å². The number of carbonyl (C=O) groups is 2. The largest absolute Gasteiger partial charge is 0.490 e. The van der Waals surface area contributed by atoms with Crippen LogP contribution in [0.3, 0.4) is 0 Å². The molecule has 3 aromatic carbocycles. The highest BCUT2D eigenvalue weighted by Crippen LogP contribution is 2.29. The van der Waals surface area contributed by atoms with Crippen molar-refractivity contribution in [3.8, 4) is 11.5 Å². The van der Waals surface area contributed by atoms with Gasteiger partial charge in [-0.1, -0.05) is 48.5 Å². The third-order valence-corrected chi connectivity index (χ3v) is 6.27. The Bertz CT molecular complexity index is 1240. The summed E-state index contributed by atoms with van der Waals surface area (Å²) in [4.78, 5) is 29.2. The Morgan fingerprint density at radius 2 is 1.48 bits per heavy atom. The number of hydrogen-bond acceptors (Lipinski definition) is 4. The smallest absolute Gasteiger partial charge is 0.243 e. The highest BCUT2D eigenvalue weighted by Gasteiger charge is 2.32. The van der Waals surface area contributed by atoms with Crippen molar-refractivity contribution in [3.63, 3.8) is 0 Å². The summed E-state index contributed by atoms with van der Waals surface area (Å²) < 4.78 is 25.1. The van der Waals surface area contributed by atoms with Gasteiger partial charge in [0.15, 0.2) is 11.5 Å². The average Bonchev–Trinajstić information content (AvgIpc) is 2.91. The van der Waals surface area contributed by atoms with Crippen molar-refractivity contribution in [1.82, 2.24) is 10.2 Å². The first kappa shape index (κ1) is 30.7. The van der Waals surface area contributed by atoms with Crippen molar-refractivity contribution in [2.24, 2.45) is 0 Å². The van der Waals surface area contributed by atoms with E-state index >= 15 is 0 Å². The van der Waals surface area contributed by atoms with Crippen LogP contribution in [0.25, 0.3) is 0 Å². The molecular weight excluding hydrogens is 507 g/mol. The first-order valence-electron chi connectivity index (χ1n) is 13.9. The number of nitrogens with zero attached hydrogens (tertiary/aromatic N) is 1. The number of amides is 2. The second-order valence-electron chi connectivity index (χ2n) is 10.7. The van der Waals surface area contributed by atoms with Gasteiger partial charge in [0.2, 0.25) is 11.8 Å². The lowest BCUT2D eigenvalue weighted by Crippen LogP contribution is -2.54. The minimum Gasteiger partial charge on any atom is -0.490 e. The number of rotatable bonds is 13. The van der Waals surface area contributed by atoms with E-state index in [2.05, 4.69) is 5.32 Å². The summed E-state index contributed by atoms with van der Waals surface area (Å²) in [6, 6.07) is 20.6. The monoisotopic (exact) mass is 548 g/mol. The van der Waals surface area contributed by atoms with Gasteiger partial charge in [-0.15, -0.1) is 0 Å². The van der Waals surface area contributed by atoms with Crippen molar-refractivity contribution in [1.29, 1.82) is 0 Å². The minimum absolute atomic E-state index is 0.166. The van der Waals surface area contributed by atoms with E-state index in [-0.39, 0.29) is 30.6 Å². The fourth-order valence-corrected chi connectivity index (χ4v) is 4.44. The summed E-state index contributed by atoms with van der Waals surface area (Å²) in [6.45, 7) is 10.8. The lowest BCUT2D eigenvalue weighted by atomic mass is 9.99. The van der Waals surface area contributed by atoms with Gasteiger partial charge in [0.1, 0.15) is 11.9 Å². The molecule has 0 bridgehead atoms. The normalized spacial score (nSPS) is 11.9. The van der Waals surface area contributed by atoms with Crippen molar-refractivity contribution >= 4 is 11.8 Å². The molecule has 0 aliphatic rings. The van der Waals surface area contributed by atoms with Gasteiger partial charge in [0, 0.05) is 24.9 Å². The van der Waals surface area contributed by atoms with Gasteiger partial charge in [0.25, 0.3) is 0 Å². The zero-order valence-corrected chi connectivity index (χ0v) is 24.2. The number of ether oxygens (including phenoxy) is 2. The number of halogens is 1. The Hall–Kier alpha value is -3.87. The zero-order valence-electron chi connectivity index (χ0n) is 24.2. The van der Waals surface area contributed by atoms with E-state index in [1.165, 1.54) is 12.1 Å². The summed E-state index contributed by atoms with van der Waals surface area (Å²) in [5, 5.41) is 3.06. The van der Waals surface area contributed by atoms with Crippen LogP contribution in [-0.2, 0) is 29.0 Å². The van der Waals surface area contributed by atoms with Gasteiger partial charge in [-0.2, -0.15) is 0 Å². The van der Waals surface area contributed by atoms with Crippen LogP contribution in [-0.4, -0.2) is 41.5 Å². The third-order valence-electron chi connectivity index (χ3n) is 6.27. The maximum absolute atomic E-state index is 13.9. The molecule has 3 rings (SSSR count). The van der Waals surface area contributed by atoms with Crippen LogP contribution in [0, 0.1) is 5.82 Å². The standard InChI is InChI=1S/C33H41FN2O4/c1-6-39-29-19-15-25(22-30(29)40-7-2)16-20-31(37)36(23-26-13-17-27(34)18-14-26)28(32(38)35-33(3,4)5)21-24-11-9-8-10-12-24/h8-15,17-19,22,28H,6-7,16,20-21,23H2,1-5H3,(H,35,38)/t28-/m1/s1. The summed E-state index contributed by atoms with van der Waals surface area (Å²) in [6.07, 6.45) is 1.01. The van der Waals surface area contributed by atoms with Crippen molar-refractivity contribution in [2.45, 2.75) is 72.0 Å². The van der Waals surface area contributed by atoms with E-state index in [0.29, 0.717) is 37.6 Å². The molecule has 1 atom stereocenters. The Kier molecular flexibility index (Phi) is 11.1. The maximum atomic E-state index is 13.9. The minimum atomic E-state index is -0.751. The molecule has 40 heavy (non-hydrogen) atoms. The van der Waals surface area contributed by atoms with Gasteiger partial charge >= 0.3 is 0 Å². The Morgan fingerprint density at radius 3 is 2.10 bits per heavy atom. The van der Waals surface area contributed by atoms with E-state index in [1.807, 2.05) is 83.1 Å². The van der Waals surface area contributed by atoms with Crippen LogP contribution in [0.5, 0.6) is 11.5 Å². The van der Waals surface area contributed by atoms with Crippen LogP contribution in [0.1, 0.15) is 57.7 Å². The van der Waals surface area contributed by atoms with Crippen molar-refractivity contribution in [3.05, 3.63) is 95.3 Å². The molecule has 0 saturated heterocycles. The first-order valence-corrected chi connectivity index (χ1v) is 13.9. The molecule has 2 amide bonds. The summed E-state index contributed by atoms with van der Waals surface area (Å²) >= 11 is 0. The van der Waals surface area contributed by atoms with Gasteiger partial charge in [-0.25, -0.2) is 4.39 Å². The van der Waals surface area contributed by atoms with E-state index in [4.69, 9.17) is 9.47 Å². The molecule has 0 aromatic heterocycles. The molecule has 0 spiro atoms. The maximum Gasteiger partial charge on any atom is 0.243 e. The number of hydrogen-bond donors (Lipinski definition) is 1. The summed E-state index contributed by atoms with van der Waals surface area (Å²) in [7, 11) is 0. The van der Waals surface area contributed by atoms with E-state index < -0.39 is 11.6 Å². The molecule has 0 aliphatic heterocycles. The molecule has 0 saturated carbocycles.